The molecule has 0 heterocycles. The van der Waals surface area contributed by atoms with Crippen molar-refractivity contribution < 1.29 is 13.3 Å². The first-order valence-electron chi connectivity index (χ1n) is 9.82. The molecule has 4 heteroatoms. The number of unbranched alkanes of at least 4 members (excludes halogenated alkanes) is 11. The van der Waals surface area contributed by atoms with Crippen molar-refractivity contribution in [3.8, 4) is 0 Å². The van der Waals surface area contributed by atoms with Crippen LogP contribution in [0.15, 0.2) is 0 Å². The average molecular weight is 347 g/mol. The Morgan fingerprint density at radius 2 is 0.957 bits per heavy atom. The summed E-state index contributed by atoms with van der Waals surface area (Å²) in [4.78, 5) is 0. The van der Waals surface area contributed by atoms with Crippen LogP contribution in [0.25, 0.3) is 0 Å². The fourth-order valence-corrected chi connectivity index (χ4v) is 5.59. The van der Waals surface area contributed by atoms with Gasteiger partial charge in [-0.05, 0) is 6.42 Å². The van der Waals surface area contributed by atoms with Crippen LogP contribution in [0.5, 0.6) is 0 Å². The summed E-state index contributed by atoms with van der Waals surface area (Å²) in [5.41, 5.74) is 0.380. The van der Waals surface area contributed by atoms with E-state index in [0.717, 1.165) is 6.42 Å². The summed E-state index contributed by atoms with van der Waals surface area (Å²) >= 11 is 0. The van der Waals surface area contributed by atoms with Crippen molar-refractivity contribution in [2.24, 2.45) is 0 Å². The van der Waals surface area contributed by atoms with Gasteiger partial charge in [0.25, 0.3) is 0 Å². The van der Waals surface area contributed by atoms with E-state index in [1.54, 1.807) is 21.3 Å². The van der Waals surface area contributed by atoms with Crippen molar-refractivity contribution in [3.05, 3.63) is 0 Å². The molecule has 140 valence electrons. The molecule has 1 unspecified atom stereocenters. The van der Waals surface area contributed by atoms with Gasteiger partial charge in [0.1, 0.15) is 0 Å². The van der Waals surface area contributed by atoms with Gasteiger partial charge in [-0.3, -0.25) is 0 Å². The molecule has 0 aliphatic carbocycles. The van der Waals surface area contributed by atoms with Gasteiger partial charge >= 0.3 is 8.80 Å². The lowest BCUT2D eigenvalue weighted by atomic mass is 10.0. The maximum atomic E-state index is 5.55. The molecular weight excluding hydrogens is 304 g/mol. The van der Waals surface area contributed by atoms with E-state index >= 15 is 0 Å². The Kier molecular flexibility index (Phi) is 15.7. The normalized spacial score (nSPS) is 13.4. The second-order valence-corrected chi connectivity index (χ2v) is 10.2. The highest BCUT2D eigenvalue weighted by Gasteiger charge is 2.43. The molecule has 0 bridgehead atoms. The zero-order valence-electron chi connectivity index (χ0n) is 16.5. The van der Waals surface area contributed by atoms with Gasteiger partial charge in [-0.25, -0.2) is 0 Å². The Morgan fingerprint density at radius 1 is 0.609 bits per heavy atom. The van der Waals surface area contributed by atoms with Crippen molar-refractivity contribution in [3.63, 3.8) is 0 Å². The van der Waals surface area contributed by atoms with Gasteiger partial charge in [-0.1, -0.05) is 90.9 Å². The Bertz CT molecular complexity index is 237. The van der Waals surface area contributed by atoms with Crippen molar-refractivity contribution in [2.75, 3.05) is 21.3 Å². The summed E-state index contributed by atoms with van der Waals surface area (Å²) < 4.78 is 16.7. The largest absolute Gasteiger partial charge is 0.503 e. The van der Waals surface area contributed by atoms with Crippen LogP contribution in [0.2, 0.25) is 5.54 Å². The highest BCUT2D eigenvalue weighted by Crippen LogP contribution is 2.29. The lowest BCUT2D eigenvalue weighted by Crippen LogP contribution is -2.46. The van der Waals surface area contributed by atoms with Crippen LogP contribution in [0, 0.1) is 0 Å². The topological polar surface area (TPSA) is 27.7 Å². The summed E-state index contributed by atoms with van der Waals surface area (Å²) in [6.45, 7) is 4.48. The molecule has 0 fully saturated rings. The third kappa shape index (κ3) is 10.5. The summed E-state index contributed by atoms with van der Waals surface area (Å²) in [6, 6.07) is 0. The minimum Gasteiger partial charge on any atom is -0.377 e. The third-order valence-corrected chi connectivity index (χ3v) is 8.15. The first-order valence-corrected chi connectivity index (χ1v) is 11.6. The van der Waals surface area contributed by atoms with E-state index < -0.39 is 8.80 Å². The maximum Gasteiger partial charge on any atom is 0.503 e. The zero-order chi connectivity index (χ0) is 17.4. The molecule has 0 aromatic rings. The van der Waals surface area contributed by atoms with Crippen molar-refractivity contribution in [2.45, 2.75) is 103 Å². The molecule has 0 aliphatic rings. The fourth-order valence-electron chi connectivity index (χ4n) is 3.32. The van der Waals surface area contributed by atoms with E-state index in [-0.39, 0.29) is 0 Å². The molecule has 0 aromatic heterocycles. The first-order chi connectivity index (χ1) is 11.2. The van der Waals surface area contributed by atoms with E-state index in [9.17, 15) is 0 Å². The Hall–Kier alpha value is 0.0969. The van der Waals surface area contributed by atoms with Crippen molar-refractivity contribution >= 4 is 8.80 Å². The van der Waals surface area contributed by atoms with Crippen LogP contribution < -0.4 is 0 Å². The van der Waals surface area contributed by atoms with Crippen LogP contribution >= 0.6 is 0 Å². The third-order valence-electron chi connectivity index (χ3n) is 4.95. The minimum atomic E-state index is -2.42. The highest BCUT2D eigenvalue weighted by molar-refractivity contribution is 6.62. The summed E-state index contributed by atoms with van der Waals surface area (Å²) in [7, 11) is 2.70. The molecule has 0 aliphatic heterocycles. The molecule has 1 atom stereocenters. The molecule has 0 aromatic carbocycles. The monoisotopic (exact) mass is 346 g/mol. The molecule has 0 saturated carbocycles. The molecule has 0 N–H and O–H groups in total. The van der Waals surface area contributed by atoms with E-state index in [1.165, 1.54) is 77.0 Å². The number of hydrogen-bond acceptors (Lipinski definition) is 3. The smallest absolute Gasteiger partial charge is 0.377 e. The van der Waals surface area contributed by atoms with E-state index in [4.69, 9.17) is 13.3 Å². The second-order valence-electron chi connectivity index (χ2n) is 6.79. The minimum absolute atomic E-state index is 0.380. The van der Waals surface area contributed by atoms with Crippen LogP contribution in [-0.4, -0.2) is 30.1 Å². The number of rotatable bonds is 17. The lowest BCUT2D eigenvalue weighted by molar-refractivity contribution is 0.111. The quantitative estimate of drug-likeness (QED) is 0.227. The maximum absolute atomic E-state index is 5.55. The molecule has 0 rings (SSSR count). The lowest BCUT2D eigenvalue weighted by Gasteiger charge is -2.30. The first kappa shape index (κ1) is 23.1. The Morgan fingerprint density at radius 3 is 1.30 bits per heavy atom. The van der Waals surface area contributed by atoms with Crippen molar-refractivity contribution in [1.82, 2.24) is 0 Å². The number of hydrogen-bond donors (Lipinski definition) is 0. The van der Waals surface area contributed by atoms with Crippen molar-refractivity contribution in [1.29, 1.82) is 0 Å². The van der Waals surface area contributed by atoms with Gasteiger partial charge in [-0.2, -0.15) is 0 Å². The summed E-state index contributed by atoms with van der Waals surface area (Å²) in [5, 5.41) is 0. The van der Waals surface area contributed by atoms with Crippen LogP contribution in [-0.2, 0) is 13.3 Å². The molecule has 0 saturated heterocycles. The molecule has 0 amide bonds. The molecule has 0 radical (unpaired) electrons. The molecule has 23 heavy (non-hydrogen) atoms. The zero-order valence-corrected chi connectivity index (χ0v) is 17.5. The van der Waals surface area contributed by atoms with E-state index in [1.807, 2.05) is 0 Å². The Balaban J connectivity index is 3.45. The van der Waals surface area contributed by atoms with Crippen LogP contribution in [0.1, 0.15) is 97.3 Å². The van der Waals surface area contributed by atoms with Gasteiger partial charge < -0.3 is 13.3 Å². The molecule has 3 nitrogen and oxygen atoms in total. The summed E-state index contributed by atoms with van der Waals surface area (Å²) in [5.74, 6) is 0. The van der Waals surface area contributed by atoms with Gasteiger partial charge in [0.05, 0.1) is 0 Å². The molecule has 0 spiro atoms. The van der Waals surface area contributed by atoms with Crippen LogP contribution in [0.3, 0.4) is 0 Å². The van der Waals surface area contributed by atoms with Gasteiger partial charge in [0.15, 0.2) is 0 Å². The Labute approximate surface area is 146 Å². The van der Waals surface area contributed by atoms with E-state index in [0.29, 0.717) is 5.54 Å². The molecular formula is C19H42O3Si. The predicted octanol–water partition coefficient (Wildman–Crippen LogP) is 6.35. The highest BCUT2D eigenvalue weighted by atomic mass is 28.4. The van der Waals surface area contributed by atoms with Gasteiger partial charge in [0.2, 0.25) is 0 Å². The second kappa shape index (κ2) is 15.6. The van der Waals surface area contributed by atoms with Gasteiger partial charge in [-0.15, -0.1) is 0 Å². The SMILES string of the molecule is CCCCCCCCCCCCCCC(C)[Si](OC)(OC)OC. The average Bonchev–Trinajstić information content (AvgIpc) is 2.58. The van der Waals surface area contributed by atoms with Gasteiger partial charge in [0, 0.05) is 26.9 Å². The fraction of sp³-hybridized carbons (Fsp3) is 1.00. The standard InChI is InChI=1S/C19H42O3Si/c1-6-7-8-9-10-11-12-13-14-15-16-17-18-19(2)23(20-3,21-4)22-5/h19H,6-18H2,1-5H3. The predicted molar refractivity (Wildman–Crippen MR) is 102 cm³/mol. The summed E-state index contributed by atoms with van der Waals surface area (Å²) in [6.07, 6.45) is 17.8. The van der Waals surface area contributed by atoms with E-state index in [2.05, 4.69) is 13.8 Å². The van der Waals surface area contributed by atoms with Crippen LogP contribution in [0.4, 0.5) is 0 Å².